The number of rotatable bonds is 6. The SMILES string of the molecule is COc1cc(C(=O)Nc2ccc(C#N)cc2)ccc1Oc1ccc(Cl)cc1[N+](=O)[O-]. The Balaban J connectivity index is 1.83. The van der Waals surface area contributed by atoms with Gasteiger partial charge in [0.25, 0.3) is 5.91 Å². The number of ether oxygens (including phenoxy) is 2. The monoisotopic (exact) mass is 423 g/mol. The quantitative estimate of drug-likeness (QED) is 0.432. The molecule has 0 heterocycles. The molecule has 0 fully saturated rings. The Bertz CT molecular complexity index is 1160. The van der Waals surface area contributed by atoms with E-state index in [1.165, 1.54) is 43.5 Å². The minimum absolute atomic E-state index is 0.0162. The molecule has 30 heavy (non-hydrogen) atoms. The van der Waals surface area contributed by atoms with Gasteiger partial charge in [0, 0.05) is 22.3 Å². The van der Waals surface area contributed by atoms with Gasteiger partial charge in [0.1, 0.15) is 0 Å². The molecule has 1 amide bonds. The Morgan fingerprint density at radius 1 is 1.07 bits per heavy atom. The molecule has 0 aliphatic carbocycles. The summed E-state index contributed by atoms with van der Waals surface area (Å²) in [5.41, 5.74) is 0.990. The largest absolute Gasteiger partial charge is 0.493 e. The van der Waals surface area contributed by atoms with Crippen LogP contribution in [0.15, 0.2) is 60.7 Å². The van der Waals surface area contributed by atoms with Gasteiger partial charge < -0.3 is 14.8 Å². The molecule has 0 bridgehead atoms. The van der Waals surface area contributed by atoms with Crippen LogP contribution in [0.5, 0.6) is 17.2 Å². The van der Waals surface area contributed by atoms with E-state index in [0.717, 1.165) is 0 Å². The molecule has 0 saturated carbocycles. The van der Waals surface area contributed by atoms with Gasteiger partial charge in [0.2, 0.25) is 5.75 Å². The Morgan fingerprint density at radius 2 is 1.77 bits per heavy atom. The van der Waals surface area contributed by atoms with Crippen LogP contribution in [0.25, 0.3) is 0 Å². The average molecular weight is 424 g/mol. The van der Waals surface area contributed by atoms with Crippen molar-refractivity contribution < 1.29 is 19.2 Å². The summed E-state index contributed by atoms with van der Waals surface area (Å²) in [6.07, 6.45) is 0. The number of nitrogens with one attached hydrogen (secondary N) is 1. The van der Waals surface area contributed by atoms with Crippen molar-refractivity contribution >= 4 is 28.9 Å². The first-order valence-electron chi connectivity index (χ1n) is 8.52. The molecule has 0 aliphatic rings. The van der Waals surface area contributed by atoms with Gasteiger partial charge in [-0.1, -0.05) is 11.6 Å². The summed E-state index contributed by atoms with van der Waals surface area (Å²) in [5, 5.41) is 23.0. The van der Waals surface area contributed by atoms with Crippen LogP contribution in [0.1, 0.15) is 15.9 Å². The van der Waals surface area contributed by atoms with Crippen molar-refractivity contribution in [3.63, 3.8) is 0 Å². The molecule has 0 saturated heterocycles. The molecule has 0 spiro atoms. The fourth-order valence-corrected chi connectivity index (χ4v) is 2.73. The lowest BCUT2D eigenvalue weighted by molar-refractivity contribution is -0.385. The molecule has 0 unspecified atom stereocenters. The Labute approximate surface area is 176 Å². The van der Waals surface area contributed by atoms with E-state index in [9.17, 15) is 14.9 Å². The number of carbonyl (C=O) groups excluding carboxylic acids is 1. The number of nitro groups is 1. The highest BCUT2D eigenvalue weighted by atomic mass is 35.5. The maximum absolute atomic E-state index is 12.5. The van der Waals surface area contributed by atoms with E-state index in [2.05, 4.69) is 5.32 Å². The van der Waals surface area contributed by atoms with Crippen molar-refractivity contribution in [1.29, 1.82) is 5.26 Å². The van der Waals surface area contributed by atoms with Gasteiger partial charge >= 0.3 is 5.69 Å². The third-order valence-corrected chi connectivity index (χ3v) is 4.27. The van der Waals surface area contributed by atoms with Gasteiger partial charge in [-0.2, -0.15) is 5.26 Å². The third kappa shape index (κ3) is 4.66. The number of nitriles is 1. The van der Waals surface area contributed by atoms with E-state index >= 15 is 0 Å². The lowest BCUT2D eigenvalue weighted by atomic mass is 10.1. The molecule has 3 aromatic rings. The predicted molar refractivity (Wildman–Crippen MR) is 110 cm³/mol. The Hall–Kier alpha value is -4.09. The van der Waals surface area contributed by atoms with Crippen LogP contribution in [0.3, 0.4) is 0 Å². The topological polar surface area (TPSA) is 114 Å². The van der Waals surface area contributed by atoms with Crippen molar-refractivity contribution in [1.82, 2.24) is 0 Å². The number of halogens is 1. The van der Waals surface area contributed by atoms with Crippen LogP contribution in [-0.4, -0.2) is 17.9 Å². The first-order valence-corrected chi connectivity index (χ1v) is 8.90. The van der Waals surface area contributed by atoms with Crippen molar-refractivity contribution in [2.24, 2.45) is 0 Å². The number of nitrogens with zero attached hydrogens (tertiary/aromatic N) is 2. The van der Waals surface area contributed by atoms with E-state index in [-0.39, 0.29) is 33.5 Å². The lowest BCUT2D eigenvalue weighted by Gasteiger charge is -2.12. The molecule has 0 atom stereocenters. The zero-order valence-electron chi connectivity index (χ0n) is 15.6. The summed E-state index contributed by atoms with van der Waals surface area (Å²) in [5.74, 6) is -0.0101. The summed E-state index contributed by atoms with van der Waals surface area (Å²) in [6, 6.07) is 16.9. The molecule has 3 rings (SSSR count). The lowest BCUT2D eigenvalue weighted by Crippen LogP contribution is -2.12. The number of hydrogen-bond donors (Lipinski definition) is 1. The number of benzene rings is 3. The van der Waals surface area contributed by atoms with Crippen molar-refractivity contribution in [3.05, 3.63) is 86.9 Å². The number of methoxy groups -OCH3 is 1. The van der Waals surface area contributed by atoms with E-state index in [1.54, 1.807) is 24.3 Å². The van der Waals surface area contributed by atoms with Crippen LogP contribution in [-0.2, 0) is 0 Å². The summed E-state index contributed by atoms with van der Waals surface area (Å²) < 4.78 is 10.9. The second-order valence-electron chi connectivity index (χ2n) is 5.98. The molecular formula is C21H14ClN3O5. The van der Waals surface area contributed by atoms with Gasteiger partial charge in [-0.25, -0.2) is 0 Å². The fourth-order valence-electron chi connectivity index (χ4n) is 2.56. The van der Waals surface area contributed by atoms with Crippen LogP contribution in [0.4, 0.5) is 11.4 Å². The number of amides is 1. The number of hydrogen-bond acceptors (Lipinski definition) is 6. The van der Waals surface area contributed by atoms with E-state index in [4.69, 9.17) is 26.3 Å². The summed E-state index contributed by atoms with van der Waals surface area (Å²) in [4.78, 5) is 23.1. The smallest absolute Gasteiger partial charge is 0.313 e. The normalized spacial score (nSPS) is 10.0. The second-order valence-corrected chi connectivity index (χ2v) is 6.42. The fraction of sp³-hybridized carbons (Fsp3) is 0.0476. The van der Waals surface area contributed by atoms with Crippen molar-refractivity contribution in [2.75, 3.05) is 12.4 Å². The maximum atomic E-state index is 12.5. The molecule has 8 nitrogen and oxygen atoms in total. The molecule has 9 heteroatoms. The van der Waals surface area contributed by atoms with Crippen molar-refractivity contribution in [2.45, 2.75) is 0 Å². The van der Waals surface area contributed by atoms with Gasteiger partial charge in [-0.05, 0) is 54.6 Å². The number of nitro benzene ring substituents is 1. The third-order valence-electron chi connectivity index (χ3n) is 4.04. The minimum atomic E-state index is -0.604. The highest BCUT2D eigenvalue weighted by molar-refractivity contribution is 6.30. The van der Waals surface area contributed by atoms with Crippen molar-refractivity contribution in [3.8, 4) is 23.3 Å². The summed E-state index contributed by atoms with van der Waals surface area (Å²) >= 11 is 5.82. The first-order chi connectivity index (χ1) is 14.4. The highest BCUT2D eigenvalue weighted by Gasteiger charge is 2.19. The highest BCUT2D eigenvalue weighted by Crippen LogP contribution is 2.38. The van der Waals surface area contributed by atoms with Crippen LogP contribution in [0, 0.1) is 21.4 Å². The van der Waals surface area contributed by atoms with E-state index in [1.807, 2.05) is 6.07 Å². The maximum Gasteiger partial charge on any atom is 0.313 e. The predicted octanol–water partition coefficient (Wildman–Crippen LogP) is 5.17. The van der Waals surface area contributed by atoms with Gasteiger partial charge in [-0.3, -0.25) is 14.9 Å². The molecular weight excluding hydrogens is 410 g/mol. The molecule has 3 aromatic carbocycles. The Kier molecular flexibility index (Phi) is 6.15. The Morgan fingerprint density at radius 3 is 2.40 bits per heavy atom. The number of carbonyl (C=O) groups is 1. The van der Waals surface area contributed by atoms with Gasteiger partial charge in [0.15, 0.2) is 11.5 Å². The standard InChI is InChI=1S/C21H14ClN3O5/c1-29-20-10-14(21(26)24-16-6-2-13(12-23)3-7-16)4-8-19(20)30-18-9-5-15(22)11-17(18)25(27)28/h2-11H,1H3,(H,24,26). The summed E-state index contributed by atoms with van der Waals surface area (Å²) in [6.45, 7) is 0. The molecule has 0 aliphatic heterocycles. The summed E-state index contributed by atoms with van der Waals surface area (Å²) in [7, 11) is 1.39. The minimum Gasteiger partial charge on any atom is -0.493 e. The second kappa shape index (κ2) is 8.94. The zero-order chi connectivity index (χ0) is 21.7. The van der Waals surface area contributed by atoms with E-state index < -0.39 is 10.8 Å². The molecule has 150 valence electrons. The van der Waals surface area contributed by atoms with Gasteiger partial charge in [-0.15, -0.1) is 0 Å². The first kappa shape index (κ1) is 20.6. The van der Waals surface area contributed by atoms with Crippen LogP contribution in [0.2, 0.25) is 5.02 Å². The van der Waals surface area contributed by atoms with E-state index in [0.29, 0.717) is 11.3 Å². The average Bonchev–Trinajstić information content (AvgIpc) is 2.75. The van der Waals surface area contributed by atoms with Crippen LogP contribution >= 0.6 is 11.6 Å². The molecule has 1 N–H and O–H groups in total. The number of anilines is 1. The van der Waals surface area contributed by atoms with Gasteiger partial charge in [0.05, 0.1) is 23.7 Å². The molecule has 0 radical (unpaired) electrons. The van der Waals surface area contributed by atoms with Crippen LogP contribution < -0.4 is 14.8 Å². The zero-order valence-corrected chi connectivity index (χ0v) is 16.3. The molecule has 0 aromatic heterocycles.